The predicted molar refractivity (Wildman–Crippen MR) is 134 cm³/mol. The van der Waals surface area contributed by atoms with Crippen molar-refractivity contribution in [1.82, 2.24) is 4.90 Å². The van der Waals surface area contributed by atoms with Crippen LogP contribution < -0.4 is 29.6 Å². The molecule has 1 atom stereocenters. The van der Waals surface area contributed by atoms with Gasteiger partial charge < -0.3 is 14.8 Å². The standard InChI is InChI=1S/C25H48N2O6S.Na/c1-2-3-4-5-6-7-8-9-10-11-12-13-14-15-16-24(30)25-26(19-20-28)17-18-27(25)21-23(29)22-34(31,32)33;/h23,28-29H,2-22H2,1H3;/q;+1. The molecule has 0 spiro atoms. The summed E-state index contributed by atoms with van der Waals surface area (Å²) >= 11 is 0. The minimum absolute atomic E-state index is 0. The summed E-state index contributed by atoms with van der Waals surface area (Å²) in [6, 6.07) is 0. The van der Waals surface area contributed by atoms with Crippen LogP contribution in [0.3, 0.4) is 0 Å². The predicted octanol–water partition coefficient (Wildman–Crippen LogP) is 0.0559. The van der Waals surface area contributed by atoms with Crippen molar-refractivity contribution in [2.45, 2.75) is 109 Å². The molecule has 35 heavy (non-hydrogen) atoms. The average Bonchev–Trinajstić information content (AvgIpc) is 3.14. The van der Waals surface area contributed by atoms with Crippen LogP contribution in [0.5, 0.6) is 0 Å². The third kappa shape index (κ3) is 17.2. The minimum atomic E-state index is -4.54. The van der Waals surface area contributed by atoms with Crippen molar-refractivity contribution in [3.63, 3.8) is 0 Å². The van der Waals surface area contributed by atoms with Gasteiger partial charge in [-0.05, 0) is 6.42 Å². The van der Waals surface area contributed by atoms with Crippen molar-refractivity contribution in [2.75, 3.05) is 38.5 Å². The molecule has 2 N–H and O–H groups in total. The van der Waals surface area contributed by atoms with Gasteiger partial charge in [0.25, 0.3) is 0 Å². The molecule has 1 unspecified atom stereocenters. The molecular formula is C25H48N2NaO6S+. The first-order valence-corrected chi connectivity index (χ1v) is 15.0. The van der Waals surface area contributed by atoms with Crippen LogP contribution in [-0.4, -0.2) is 88.9 Å². The van der Waals surface area contributed by atoms with Crippen LogP contribution in [0.25, 0.3) is 0 Å². The molecule has 0 saturated heterocycles. The minimum Gasteiger partial charge on any atom is -0.748 e. The summed E-state index contributed by atoms with van der Waals surface area (Å²) in [5.41, 5.74) is 0. The molecule has 1 aliphatic rings. The molecule has 0 bridgehead atoms. The molecule has 0 fully saturated rings. The zero-order chi connectivity index (χ0) is 25.2. The number of carbonyl (C=O) groups is 1. The summed E-state index contributed by atoms with van der Waals surface area (Å²) in [5.74, 6) is -0.502. The smallest absolute Gasteiger partial charge is 0.748 e. The number of aliphatic hydroxyl groups excluding tert-OH is 2. The van der Waals surface area contributed by atoms with Crippen LogP contribution in [0.4, 0.5) is 0 Å². The molecule has 8 nitrogen and oxygen atoms in total. The number of Topliss-reactive ketones (excluding diaryl/α,β-unsaturated/α-hetero) is 1. The van der Waals surface area contributed by atoms with Gasteiger partial charge in [0.1, 0.15) is 32.3 Å². The summed E-state index contributed by atoms with van der Waals surface area (Å²) in [6.45, 7) is 3.36. The Morgan fingerprint density at radius 3 is 1.91 bits per heavy atom. The van der Waals surface area contributed by atoms with Gasteiger partial charge in [-0.3, -0.25) is 14.3 Å². The third-order valence-electron chi connectivity index (χ3n) is 6.44. The van der Waals surface area contributed by atoms with E-state index in [1.165, 1.54) is 70.6 Å². The number of β-amino-alcohol motifs (C(OH)–C–C–N with tert-alkyl or cyclic N) is 2. The van der Waals surface area contributed by atoms with Crippen LogP contribution in [0, 0.1) is 0 Å². The van der Waals surface area contributed by atoms with Crippen LogP contribution in [0.1, 0.15) is 103 Å². The Hall–Kier alpha value is -0.0300. The van der Waals surface area contributed by atoms with Gasteiger partial charge in [0.2, 0.25) is 5.78 Å². The Morgan fingerprint density at radius 2 is 1.46 bits per heavy atom. The molecule has 0 amide bonds. The van der Waals surface area contributed by atoms with E-state index in [-0.39, 0.29) is 48.5 Å². The molecule has 1 heterocycles. The summed E-state index contributed by atoms with van der Waals surface area (Å²) in [7, 11) is -4.54. The Morgan fingerprint density at radius 1 is 0.971 bits per heavy atom. The quantitative estimate of drug-likeness (QED) is 0.0884. The Balaban J connectivity index is 0.0000116. The second-order valence-electron chi connectivity index (χ2n) is 9.63. The van der Waals surface area contributed by atoms with Crippen molar-refractivity contribution in [1.29, 1.82) is 0 Å². The Labute approximate surface area is 235 Å². The second-order valence-corrected chi connectivity index (χ2v) is 11.1. The van der Waals surface area contributed by atoms with E-state index in [0.29, 0.717) is 31.9 Å². The maximum atomic E-state index is 12.9. The van der Waals surface area contributed by atoms with Gasteiger partial charge in [-0.1, -0.05) is 90.4 Å². The van der Waals surface area contributed by atoms with Crippen LogP contribution >= 0.6 is 0 Å². The maximum Gasteiger partial charge on any atom is 1.00 e. The van der Waals surface area contributed by atoms with E-state index < -0.39 is 22.0 Å². The molecule has 0 aromatic heterocycles. The molecule has 0 radical (unpaired) electrons. The molecule has 0 aliphatic carbocycles. The van der Waals surface area contributed by atoms with Gasteiger partial charge in [0.15, 0.2) is 0 Å². The fourth-order valence-corrected chi connectivity index (χ4v) is 5.23. The van der Waals surface area contributed by atoms with Crippen LogP contribution in [-0.2, 0) is 14.9 Å². The van der Waals surface area contributed by atoms with E-state index in [2.05, 4.69) is 6.92 Å². The Kier molecular flexibility index (Phi) is 20.9. The molecule has 200 valence electrons. The molecule has 0 aromatic rings. The van der Waals surface area contributed by atoms with E-state index in [1.54, 1.807) is 9.48 Å². The number of hydrogen-bond acceptors (Lipinski definition) is 7. The first-order chi connectivity index (χ1) is 16.3. The number of nitrogens with zero attached hydrogens (tertiary/aromatic N) is 2. The third-order valence-corrected chi connectivity index (χ3v) is 7.24. The van der Waals surface area contributed by atoms with Crippen LogP contribution in [0.15, 0.2) is 0 Å². The number of ketones is 1. The van der Waals surface area contributed by atoms with Gasteiger partial charge in [-0.25, -0.2) is 8.42 Å². The molecule has 0 aromatic carbocycles. The number of hydrogen-bond donors (Lipinski definition) is 2. The van der Waals surface area contributed by atoms with E-state index in [0.717, 1.165) is 19.3 Å². The molecule has 0 saturated carbocycles. The molecule has 1 aliphatic heterocycles. The first-order valence-electron chi connectivity index (χ1n) is 13.4. The van der Waals surface area contributed by atoms with E-state index in [4.69, 9.17) is 0 Å². The monoisotopic (exact) mass is 527 g/mol. The second kappa shape index (κ2) is 21.0. The molecule has 10 heteroatoms. The normalized spacial score (nSPS) is 14.9. The largest absolute Gasteiger partial charge is 1.00 e. The van der Waals surface area contributed by atoms with Gasteiger partial charge in [-0.2, -0.15) is 0 Å². The Bertz CT molecular complexity index is 702. The van der Waals surface area contributed by atoms with E-state index in [1.807, 2.05) is 0 Å². The topological polar surface area (TPSA) is 121 Å². The SMILES string of the molecule is CCCCCCCCCCCCCCCCC(=O)C1=[N+](CC(O)CS(=O)(=O)[O-])CCN1CCO.[Na+]. The molecular weight excluding hydrogens is 479 g/mol. The number of carbonyl (C=O) groups excluding carboxylic acids is 1. The zero-order valence-corrected chi connectivity index (χ0v) is 25.1. The van der Waals surface area contributed by atoms with E-state index >= 15 is 0 Å². The van der Waals surface area contributed by atoms with Crippen molar-refractivity contribution >= 4 is 21.7 Å². The summed E-state index contributed by atoms with van der Waals surface area (Å²) in [4.78, 5) is 14.6. The zero-order valence-electron chi connectivity index (χ0n) is 22.3. The van der Waals surface area contributed by atoms with Gasteiger partial charge in [-0.15, -0.1) is 0 Å². The van der Waals surface area contributed by atoms with E-state index in [9.17, 15) is 28.0 Å². The molecule has 1 rings (SSSR count). The average molecular weight is 528 g/mol. The summed E-state index contributed by atoms with van der Waals surface area (Å²) in [6.07, 6.45) is 16.5. The summed E-state index contributed by atoms with van der Waals surface area (Å²) in [5, 5.41) is 19.3. The van der Waals surface area contributed by atoms with Crippen molar-refractivity contribution in [3.8, 4) is 0 Å². The van der Waals surface area contributed by atoms with Crippen molar-refractivity contribution in [3.05, 3.63) is 0 Å². The fraction of sp³-hybridized carbons (Fsp3) is 0.920. The number of aliphatic hydroxyl groups is 2. The fourth-order valence-electron chi connectivity index (χ4n) is 4.66. The van der Waals surface area contributed by atoms with Gasteiger partial charge in [0.05, 0.1) is 22.5 Å². The number of rotatable bonds is 22. The van der Waals surface area contributed by atoms with Gasteiger partial charge >= 0.3 is 35.4 Å². The maximum absolute atomic E-state index is 12.9. The first kappa shape index (κ1) is 35.0. The van der Waals surface area contributed by atoms with Gasteiger partial charge in [0, 0.05) is 6.42 Å². The number of unbranched alkanes of at least 4 members (excludes halogenated alkanes) is 13. The summed E-state index contributed by atoms with van der Waals surface area (Å²) < 4.78 is 34.4. The number of amidine groups is 1. The van der Waals surface area contributed by atoms with Crippen LogP contribution in [0.2, 0.25) is 0 Å². The van der Waals surface area contributed by atoms with Crippen molar-refractivity contribution < 1.29 is 62.1 Å². The van der Waals surface area contributed by atoms with Crippen molar-refractivity contribution in [2.24, 2.45) is 0 Å².